The molecule has 1 unspecified atom stereocenters. The van der Waals surface area contributed by atoms with Gasteiger partial charge in [0.15, 0.2) is 0 Å². The molecule has 1 atom stereocenters. The highest BCUT2D eigenvalue weighted by Gasteiger charge is 2.32. The van der Waals surface area contributed by atoms with Crippen LogP contribution in [0, 0.1) is 0 Å². The first-order valence-corrected chi connectivity index (χ1v) is 13.8. The van der Waals surface area contributed by atoms with Gasteiger partial charge in [-0.05, 0) is 26.2 Å². The van der Waals surface area contributed by atoms with Crippen molar-refractivity contribution in [2.24, 2.45) is 0 Å². The van der Waals surface area contributed by atoms with Gasteiger partial charge in [-0.2, -0.15) is 0 Å². The fourth-order valence-corrected chi connectivity index (χ4v) is 5.94. The molecule has 0 bridgehead atoms. The molecule has 0 fully saturated rings. The lowest BCUT2D eigenvalue weighted by Gasteiger charge is -2.25. The Labute approximate surface area is 139 Å². The van der Waals surface area contributed by atoms with Gasteiger partial charge < -0.3 is 9.79 Å². The summed E-state index contributed by atoms with van der Waals surface area (Å²) in [4.78, 5) is 17.9. The maximum absolute atomic E-state index is 10.9. The maximum atomic E-state index is 10.9. The standard InChI is InChI=1S/C17H38O3P2/c1-5-6-7-8-9-10-11-12-14-17(2)21(3,4)15-13-16-22(18,19)20/h17H,5-16H2,1-4H3,(H-,18,19,20)/p+1. The van der Waals surface area contributed by atoms with E-state index in [-0.39, 0.29) is 6.16 Å². The third-order valence-corrected chi connectivity index (χ3v) is 9.86. The van der Waals surface area contributed by atoms with E-state index in [9.17, 15) is 4.57 Å². The Balaban J connectivity index is 3.71. The molecule has 0 spiro atoms. The minimum Gasteiger partial charge on any atom is -0.324 e. The highest BCUT2D eigenvalue weighted by atomic mass is 31.2. The van der Waals surface area contributed by atoms with Crippen molar-refractivity contribution in [3.63, 3.8) is 0 Å². The van der Waals surface area contributed by atoms with Crippen LogP contribution in [0.1, 0.15) is 78.1 Å². The molecular weight excluding hydrogens is 314 g/mol. The van der Waals surface area contributed by atoms with E-state index in [0.29, 0.717) is 6.42 Å². The summed E-state index contributed by atoms with van der Waals surface area (Å²) >= 11 is 0. The lowest BCUT2D eigenvalue weighted by Crippen LogP contribution is -2.12. The Morgan fingerprint density at radius 2 is 1.41 bits per heavy atom. The molecule has 0 saturated heterocycles. The summed E-state index contributed by atoms with van der Waals surface area (Å²) in [5, 5.41) is 0. The SMILES string of the molecule is CCCCCCCCCCC(C)[P+](C)(C)CCCP(=O)(O)O. The van der Waals surface area contributed by atoms with Gasteiger partial charge in [0, 0.05) is 20.6 Å². The molecule has 0 aromatic carbocycles. The smallest absolute Gasteiger partial charge is 0.324 e. The summed E-state index contributed by atoms with van der Waals surface area (Å²) in [6.45, 7) is 9.29. The highest BCUT2D eigenvalue weighted by molar-refractivity contribution is 7.75. The minimum atomic E-state index is -3.81. The topological polar surface area (TPSA) is 57.5 Å². The van der Waals surface area contributed by atoms with Gasteiger partial charge >= 0.3 is 7.60 Å². The Morgan fingerprint density at radius 1 is 0.909 bits per heavy atom. The average Bonchev–Trinajstić information content (AvgIpc) is 2.39. The lowest BCUT2D eigenvalue weighted by atomic mass is 10.1. The van der Waals surface area contributed by atoms with E-state index in [1.807, 2.05) is 0 Å². The largest absolute Gasteiger partial charge is 0.325 e. The van der Waals surface area contributed by atoms with Crippen LogP contribution in [0.5, 0.6) is 0 Å². The van der Waals surface area contributed by atoms with Crippen LogP contribution in [-0.4, -0.2) is 41.1 Å². The third kappa shape index (κ3) is 13.1. The first-order chi connectivity index (χ1) is 10.2. The van der Waals surface area contributed by atoms with Crippen molar-refractivity contribution in [1.29, 1.82) is 0 Å². The normalized spacial score (nSPS) is 14.3. The zero-order chi connectivity index (χ0) is 17.1. The zero-order valence-electron chi connectivity index (χ0n) is 15.3. The molecule has 0 aliphatic rings. The van der Waals surface area contributed by atoms with Gasteiger partial charge in [0.2, 0.25) is 0 Å². The summed E-state index contributed by atoms with van der Waals surface area (Å²) in [5.41, 5.74) is 0.726. The van der Waals surface area contributed by atoms with Crippen LogP contribution in [0.4, 0.5) is 0 Å². The van der Waals surface area contributed by atoms with Crippen molar-refractivity contribution < 1.29 is 14.4 Å². The molecule has 0 aromatic heterocycles. The van der Waals surface area contributed by atoms with E-state index in [1.165, 1.54) is 57.8 Å². The van der Waals surface area contributed by atoms with Gasteiger partial charge in [-0.15, -0.1) is 0 Å². The van der Waals surface area contributed by atoms with Gasteiger partial charge in [0.25, 0.3) is 0 Å². The molecule has 0 amide bonds. The molecule has 0 rings (SSSR count). The Hall–Kier alpha value is 0.580. The summed E-state index contributed by atoms with van der Waals surface area (Å²) in [6.07, 6.45) is 13.9. The molecule has 134 valence electrons. The Kier molecular flexibility index (Phi) is 12.3. The highest BCUT2D eigenvalue weighted by Crippen LogP contribution is 2.58. The van der Waals surface area contributed by atoms with E-state index in [1.54, 1.807) is 0 Å². The predicted octanol–water partition coefficient (Wildman–Crippen LogP) is 5.75. The second-order valence-electron chi connectivity index (χ2n) is 7.36. The van der Waals surface area contributed by atoms with E-state index in [4.69, 9.17) is 9.79 Å². The molecule has 0 aliphatic heterocycles. The van der Waals surface area contributed by atoms with Crippen molar-refractivity contribution in [3.05, 3.63) is 0 Å². The van der Waals surface area contributed by atoms with Gasteiger partial charge in [0.1, 0.15) is 0 Å². The lowest BCUT2D eigenvalue weighted by molar-refractivity contribution is 0.372. The van der Waals surface area contributed by atoms with E-state index < -0.39 is 14.9 Å². The van der Waals surface area contributed by atoms with Crippen LogP contribution in [0.2, 0.25) is 0 Å². The Bertz CT molecular complexity index is 313. The molecule has 5 heteroatoms. The van der Waals surface area contributed by atoms with Gasteiger partial charge in [0.05, 0.1) is 18.0 Å². The predicted molar refractivity (Wildman–Crippen MR) is 102 cm³/mol. The fourth-order valence-electron chi connectivity index (χ4n) is 2.83. The van der Waals surface area contributed by atoms with E-state index in [2.05, 4.69) is 27.2 Å². The summed E-state index contributed by atoms with van der Waals surface area (Å²) in [7, 11) is -4.84. The van der Waals surface area contributed by atoms with Crippen LogP contribution in [0.3, 0.4) is 0 Å². The number of hydrogen-bond acceptors (Lipinski definition) is 1. The van der Waals surface area contributed by atoms with Crippen molar-refractivity contribution in [2.45, 2.75) is 83.7 Å². The molecule has 0 saturated carbocycles. The van der Waals surface area contributed by atoms with Crippen LogP contribution < -0.4 is 0 Å². The van der Waals surface area contributed by atoms with Crippen molar-refractivity contribution in [2.75, 3.05) is 25.7 Å². The van der Waals surface area contributed by atoms with Gasteiger partial charge in [-0.25, -0.2) is 0 Å². The van der Waals surface area contributed by atoms with Crippen molar-refractivity contribution in [3.8, 4) is 0 Å². The number of hydrogen-bond donors (Lipinski definition) is 2. The van der Waals surface area contributed by atoms with Crippen molar-refractivity contribution in [1.82, 2.24) is 0 Å². The fraction of sp³-hybridized carbons (Fsp3) is 1.00. The first kappa shape index (κ1) is 22.6. The molecule has 0 heterocycles. The maximum Gasteiger partial charge on any atom is 0.325 e. The van der Waals surface area contributed by atoms with Crippen LogP contribution in [-0.2, 0) is 4.57 Å². The second-order valence-corrected chi connectivity index (χ2v) is 14.0. The monoisotopic (exact) mass is 353 g/mol. The summed E-state index contributed by atoms with van der Waals surface area (Å²) < 4.78 is 10.9. The number of unbranched alkanes of at least 4 members (excludes halogenated alkanes) is 7. The van der Waals surface area contributed by atoms with E-state index >= 15 is 0 Å². The van der Waals surface area contributed by atoms with Crippen LogP contribution >= 0.6 is 14.9 Å². The van der Waals surface area contributed by atoms with Crippen molar-refractivity contribution >= 4 is 14.9 Å². The third-order valence-electron chi connectivity index (χ3n) is 4.85. The molecule has 0 aliphatic carbocycles. The quantitative estimate of drug-likeness (QED) is 0.309. The van der Waals surface area contributed by atoms with Crippen LogP contribution in [0.15, 0.2) is 0 Å². The van der Waals surface area contributed by atoms with Gasteiger partial charge in [-0.3, -0.25) is 4.57 Å². The molecule has 22 heavy (non-hydrogen) atoms. The minimum absolute atomic E-state index is 0.0565. The summed E-state index contributed by atoms with van der Waals surface area (Å²) in [5.74, 6) is 0. The summed E-state index contributed by atoms with van der Waals surface area (Å²) in [6, 6.07) is 0. The van der Waals surface area contributed by atoms with E-state index in [0.717, 1.165) is 11.8 Å². The van der Waals surface area contributed by atoms with Crippen LogP contribution in [0.25, 0.3) is 0 Å². The molecule has 2 N–H and O–H groups in total. The Morgan fingerprint density at radius 3 is 1.91 bits per heavy atom. The molecule has 0 radical (unpaired) electrons. The molecule has 3 nitrogen and oxygen atoms in total. The second kappa shape index (κ2) is 12.0. The molecular formula is C17H39O3P2+. The molecule has 0 aromatic rings. The first-order valence-electron chi connectivity index (χ1n) is 9.06. The zero-order valence-corrected chi connectivity index (χ0v) is 17.0. The average molecular weight is 353 g/mol. The van der Waals surface area contributed by atoms with Gasteiger partial charge in [-0.1, -0.05) is 51.9 Å². The number of rotatable bonds is 14.